The predicted octanol–water partition coefficient (Wildman–Crippen LogP) is 3.47. The first-order valence-corrected chi connectivity index (χ1v) is 7.01. The van der Waals surface area contributed by atoms with E-state index in [1.807, 2.05) is 6.07 Å². The Morgan fingerprint density at radius 1 is 1.35 bits per heavy atom. The van der Waals surface area contributed by atoms with Gasteiger partial charge in [0.05, 0.1) is 6.33 Å². The lowest BCUT2D eigenvalue weighted by molar-refractivity contribution is -0.109. The fraction of sp³-hybridized carbons (Fsp3) is 0.375. The molecule has 20 heavy (non-hydrogen) atoms. The van der Waals surface area contributed by atoms with Crippen molar-refractivity contribution in [3.8, 4) is 0 Å². The number of aldehydes is 1. The van der Waals surface area contributed by atoms with Crippen molar-refractivity contribution in [2.24, 2.45) is 0 Å². The summed E-state index contributed by atoms with van der Waals surface area (Å²) in [6.45, 7) is 0. The summed E-state index contributed by atoms with van der Waals surface area (Å²) < 4.78 is 16.0. The monoisotopic (exact) mass is 272 g/mol. The van der Waals surface area contributed by atoms with Crippen molar-refractivity contribution in [2.45, 2.75) is 37.6 Å². The molecular formula is C16H17FN2O. The summed E-state index contributed by atoms with van der Waals surface area (Å²) >= 11 is 0. The Labute approximate surface area is 117 Å². The second-order valence-electron chi connectivity index (χ2n) is 5.35. The molecule has 1 aromatic heterocycles. The van der Waals surface area contributed by atoms with Gasteiger partial charge in [-0.15, -0.1) is 0 Å². The van der Waals surface area contributed by atoms with E-state index in [9.17, 15) is 9.18 Å². The number of halogens is 1. The highest BCUT2D eigenvalue weighted by Crippen LogP contribution is 2.35. The van der Waals surface area contributed by atoms with Gasteiger partial charge in [-0.2, -0.15) is 0 Å². The molecule has 3 nitrogen and oxygen atoms in total. The third-order valence-electron chi connectivity index (χ3n) is 4.14. The summed E-state index contributed by atoms with van der Waals surface area (Å²) in [7, 11) is 0. The molecule has 1 aliphatic rings. The zero-order chi connectivity index (χ0) is 13.9. The minimum atomic E-state index is -0.643. The van der Waals surface area contributed by atoms with Gasteiger partial charge in [0.1, 0.15) is 18.1 Å². The van der Waals surface area contributed by atoms with Crippen molar-refractivity contribution in [1.82, 2.24) is 9.55 Å². The van der Waals surface area contributed by atoms with Crippen LogP contribution in [-0.4, -0.2) is 15.8 Å². The van der Waals surface area contributed by atoms with Gasteiger partial charge in [-0.1, -0.05) is 25.0 Å². The Hall–Kier alpha value is -1.97. The van der Waals surface area contributed by atoms with Crippen LogP contribution in [0.25, 0.3) is 0 Å². The molecule has 0 saturated heterocycles. The number of nitrogens with zero attached hydrogens (tertiary/aromatic N) is 2. The Bertz CT molecular complexity index is 589. The lowest BCUT2D eigenvalue weighted by Crippen LogP contribution is -2.12. The maximum Gasteiger partial charge on any atom is 0.147 e. The number of hydrogen-bond acceptors (Lipinski definition) is 2. The van der Waals surface area contributed by atoms with Crippen molar-refractivity contribution in [3.63, 3.8) is 0 Å². The van der Waals surface area contributed by atoms with Crippen molar-refractivity contribution in [1.29, 1.82) is 0 Å². The molecule has 3 rings (SSSR count). The molecule has 1 saturated carbocycles. The van der Waals surface area contributed by atoms with Crippen molar-refractivity contribution in [2.75, 3.05) is 0 Å². The van der Waals surface area contributed by atoms with Crippen LogP contribution in [0.5, 0.6) is 0 Å². The van der Waals surface area contributed by atoms with Crippen LogP contribution < -0.4 is 0 Å². The summed E-state index contributed by atoms with van der Waals surface area (Å²) in [5.74, 6) is 0.168. The predicted molar refractivity (Wildman–Crippen MR) is 74.0 cm³/mol. The third kappa shape index (κ3) is 2.38. The van der Waals surface area contributed by atoms with Gasteiger partial charge in [0.2, 0.25) is 0 Å². The fourth-order valence-electron chi connectivity index (χ4n) is 3.03. The Kier molecular flexibility index (Phi) is 3.63. The molecule has 1 aliphatic carbocycles. The second kappa shape index (κ2) is 5.57. The quantitative estimate of drug-likeness (QED) is 0.799. The van der Waals surface area contributed by atoms with E-state index in [0.29, 0.717) is 11.5 Å². The fourth-order valence-corrected chi connectivity index (χ4v) is 3.03. The maximum atomic E-state index is 14.3. The first-order chi connectivity index (χ1) is 9.79. The molecule has 0 spiro atoms. The van der Waals surface area contributed by atoms with Crippen LogP contribution in [0, 0.1) is 5.82 Å². The van der Waals surface area contributed by atoms with E-state index >= 15 is 0 Å². The van der Waals surface area contributed by atoms with Gasteiger partial charge in [-0.3, -0.25) is 0 Å². The number of aromatic nitrogens is 2. The van der Waals surface area contributed by atoms with Gasteiger partial charge < -0.3 is 9.36 Å². The summed E-state index contributed by atoms with van der Waals surface area (Å²) in [5.41, 5.74) is 1.46. The first kappa shape index (κ1) is 13.0. The third-order valence-corrected chi connectivity index (χ3v) is 4.14. The number of hydrogen-bond donors (Lipinski definition) is 0. The number of imidazole rings is 1. The van der Waals surface area contributed by atoms with Crippen LogP contribution in [0.15, 0.2) is 36.9 Å². The second-order valence-corrected chi connectivity index (χ2v) is 5.35. The van der Waals surface area contributed by atoms with Gasteiger partial charge in [0, 0.05) is 18.0 Å². The van der Waals surface area contributed by atoms with E-state index in [1.165, 1.54) is 19.2 Å². The van der Waals surface area contributed by atoms with E-state index < -0.39 is 6.04 Å². The van der Waals surface area contributed by atoms with E-state index in [-0.39, 0.29) is 5.82 Å². The van der Waals surface area contributed by atoms with Crippen molar-refractivity contribution in [3.05, 3.63) is 53.9 Å². The van der Waals surface area contributed by atoms with E-state index in [2.05, 4.69) is 4.98 Å². The zero-order valence-corrected chi connectivity index (χ0v) is 11.2. The smallest absolute Gasteiger partial charge is 0.147 e. The number of benzene rings is 1. The summed E-state index contributed by atoms with van der Waals surface area (Å²) in [5, 5.41) is 0. The summed E-state index contributed by atoms with van der Waals surface area (Å²) in [6.07, 6.45) is 10.2. The maximum absolute atomic E-state index is 14.3. The van der Waals surface area contributed by atoms with E-state index in [1.54, 1.807) is 29.1 Å². The Balaban J connectivity index is 1.91. The van der Waals surface area contributed by atoms with Crippen LogP contribution in [-0.2, 0) is 4.79 Å². The average molecular weight is 272 g/mol. The lowest BCUT2D eigenvalue weighted by atomic mass is 9.95. The molecule has 0 aliphatic heterocycles. The lowest BCUT2D eigenvalue weighted by Gasteiger charge is -2.16. The molecule has 0 amide bonds. The Morgan fingerprint density at radius 3 is 2.75 bits per heavy atom. The van der Waals surface area contributed by atoms with Crippen LogP contribution in [0.4, 0.5) is 4.39 Å². The molecule has 104 valence electrons. The molecule has 1 aromatic carbocycles. The highest BCUT2D eigenvalue weighted by atomic mass is 19.1. The van der Waals surface area contributed by atoms with Crippen molar-refractivity contribution < 1.29 is 9.18 Å². The molecule has 0 bridgehead atoms. The SMILES string of the molecule is O=CC(c1ccc(C2CCCC2)cc1F)n1ccnc1. The summed E-state index contributed by atoms with van der Waals surface area (Å²) in [4.78, 5) is 15.2. The number of carbonyl (C=O) groups is 1. The van der Waals surface area contributed by atoms with Crippen LogP contribution >= 0.6 is 0 Å². The topological polar surface area (TPSA) is 34.9 Å². The molecule has 1 fully saturated rings. The van der Waals surface area contributed by atoms with Crippen LogP contribution in [0.3, 0.4) is 0 Å². The molecule has 2 aromatic rings. The highest BCUT2D eigenvalue weighted by Gasteiger charge is 2.21. The normalized spacial score (nSPS) is 17.2. The van der Waals surface area contributed by atoms with Crippen molar-refractivity contribution >= 4 is 6.29 Å². The standard InChI is InChI=1S/C16H17FN2O/c17-15-9-13(12-3-1-2-4-12)5-6-14(15)16(10-20)19-8-7-18-11-19/h5-12,16H,1-4H2. The van der Waals surface area contributed by atoms with Gasteiger partial charge >= 0.3 is 0 Å². The molecule has 0 radical (unpaired) electrons. The Morgan fingerprint density at radius 2 is 2.15 bits per heavy atom. The van der Waals surface area contributed by atoms with Gasteiger partial charge in [-0.25, -0.2) is 9.37 Å². The summed E-state index contributed by atoms with van der Waals surface area (Å²) in [6, 6.07) is 4.65. The first-order valence-electron chi connectivity index (χ1n) is 7.01. The molecule has 1 heterocycles. The molecular weight excluding hydrogens is 255 g/mol. The number of carbonyl (C=O) groups excluding carboxylic acids is 1. The molecule has 0 N–H and O–H groups in total. The minimum absolute atomic E-state index is 0.305. The van der Waals surface area contributed by atoms with Gasteiger partial charge in [-0.05, 0) is 30.4 Å². The molecule has 1 unspecified atom stereocenters. The highest BCUT2D eigenvalue weighted by molar-refractivity contribution is 5.62. The van der Waals surface area contributed by atoms with Gasteiger partial charge in [0.25, 0.3) is 0 Å². The molecule has 4 heteroatoms. The largest absolute Gasteiger partial charge is 0.323 e. The van der Waals surface area contributed by atoms with Gasteiger partial charge in [0.15, 0.2) is 0 Å². The minimum Gasteiger partial charge on any atom is -0.323 e. The zero-order valence-electron chi connectivity index (χ0n) is 11.2. The average Bonchev–Trinajstić information content (AvgIpc) is 3.14. The number of rotatable bonds is 4. The van der Waals surface area contributed by atoms with E-state index in [4.69, 9.17) is 0 Å². The van der Waals surface area contributed by atoms with E-state index in [0.717, 1.165) is 24.7 Å². The van der Waals surface area contributed by atoms with Crippen LogP contribution in [0.1, 0.15) is 48.8 Å². The van der Waals surface area contributed by atoms with Crippen LogP contribution in [0.2, 0.25) is 0 Å². The molecule has 1 atom stereocenters.